The van der Waals surface area contributed by atoms with Crippen molar-refractivity contribution in [1.29, 1.82) is 0 Å². The van der Waals surface area contributed by atoms with Gasteiger partial charge in [0.2, 0.25) is 0 Å². The van der Waals surface area contributed by atoms with E-state index in [9.17, 15) is 0 Å². The Morgan fingerprint density at radius 1 is 1.36 bits per heavy atom. The zero-order chi connectivity index (χ0) is 9.80. The molecule has 2 heterocycles. The Bertz CT molecular complexity index is 395. The van der Waals surface area contributed by atoms with Gasteiger partial charge in [-0.25, -0.2) is 4.98 Å². The minimum atomic E-state index is 0.663. The lowest BCUT2D eigenvalue weighted by molar-refractivity contribution is 1.07. The zero-order valence-electron chi connectivity index (χ0n) is 7.57. The number of rotatable bonds is 3. The predicted molar refractivity (Wildman–Crippen MR) is 54.6 cm³/mol. The molecule has 0 saturated carbocycles. The van der Waals surface area contributed by atoms with E-state index < -0.39 is 0 Å². The van der Waals surface area contributed by atoms with Crippen LogP contribution < -0.4 is 11.1 Å². The van der Waals surface area contributed by atoms with Gasteiger partial charge in [-0.05, 0) is 6.07 Å². The van der Waals surface area contributed by atoms with Crippen LogP contribution in [0.5, 0.6) is 0 Å². The van der Waals surface area contributed by atoms with E-state index in [0.717, 1.165) is 11.4 Å². The number of nitrogens with zero attached hydrogens (tertiary/aromatic N) is 2. The van der Waals surface area contributed by atoms with Crippen LogP contribution in [0.2, 0.25) is 0 Å². The molecule has 0 amide bonds. The van der Waals surface area contributed by atoms with Crippen molar-refractivity contribution in [2.75, 3.05) is 11.1 Å². The van der Waals surface area contributed by atoms with E-state index in [1.54, 1.807) is 31.0 Å². The van der Waals surface area contributed by atoms with E-state index in [0.29, 0.717) is 12.2 Å². The van der Waals surface area contributed by atoms with Crippen molar-refractivity contribution >= 4 is 11.4 Å². The lowest BCUT2D eigenvalue weighted by atomic mass is 10.3. The Morgan fingerprint density at radius 2 is 2.29 bits per heavy atom. The van der Waals surface area contributed by atoms with Gasteiger partial charge in [0.15, 0.2) is 0 Å². The summed E-state index contributed by atoms with van der Waals surface area (Å²) in [5.41, 5.74) is 8.27. The van der Waals surface area contributed by atoms with Crippen LogP contribution >= 0.6 is 0 Å². The van der Waals surface area contributed by atoms with Crippen LogP contribution in [-0.4, -0.2) is 15.0 Å². The fourth-order valence-electron chi connectivity index (χ4n) is 1.12. The maximum absolute atomic E-state index is 5.73. The van der Waals surface area contributed by atoms with E-state index in [1.165, 1.54) is 0 Å². The van der Waals surface area contributed by atoms with Crippen molar-refractivity contribution in [2.45, 2.75) is 6.54 Å². The SMILES string of the molecule is Nc1ccncc1NCc1cnc[nH]1. The van der Waals surface area contributed by atoms with E-state index in [1.807, 2.05) is 0 Å². The second-order valence-electron chi connectivity index (χ2n) is 2.89. The van der Waals surface area contributed by atoms with Gasteiger partial charge < -0.3 is 16.0 Å². The number of hydrogen-bond acceptors (Lipinski definition) is 4. The van der Waals surface area contributed by atoms with Gasteiger partial charge in [-0.15, -0.1) is 0 Å². The third-order valence-corrected chi connectivity index (χ3v) is 1.88. The molecule has 0 bridgehead atoms. The molecule has 0 aliphatic carbocycles. The molecule has 72 valence electrons. The second-order valence-corrected chi connectivity index (χ2v) is 2.89. The van der Waals surface area contributed by atoms with Crippen LogP contribution in [0, 0.1) is 0 Å². The van der Waals surface area contributed by atoms with E-state index >= 15 is 0 Å². The zero-order valence-corrected chi connectivity index (χ0v) is 7.57. The molecule has 2 aromatic rings. The van der Waals surface area contributed by atoms with Crippen molar-refractivity contribution in [3.63, 3.8) is 0 Å². The fourth-order valence-corrected chi connectivity index (χ4v) is 1.12. The summed E-state index contributed by atoms with van der Waals surface area (Å²) in [6.45, 7) is 0.663. The molecule has 0 aromatic carbocycles. The van der Waals surface area contributed by atoms with Crippen molar-refractivity contribution in [3.8, 4) is 0 Å². The summed E-state index contributed by atoms with van der Waals surface area (Å²) in [4.78, 5) is 10.9. The number of aromatic amines is 1. The first-order valence-corrected chi connectivity index (χ1v) is 4.27. The first kappa shape index (κ1) is 8.55. The van der Waals surface area contributed by atoms with Crippen molar-refractivity contribution in [3.05, 3.63) is 36.7 Å². The van der Waals surface area contributed by atoms with Gasteiger partial charge in [-0.2, -0.15) is 0 Å². The van der Waals surface area contributed by atoms with E-state index in [-0.39, 0.29) is 0 Å². The molecule has 14 heavy (non-hydrogen) atoms. The Hall–Kier alpha value is -2.04. The van der Waals surface area contributed by atoms with Gasteiger partial charge in [-0.3, -0.25) is 4.98 Å². The Balaban J connectivity index is 2.02. The summed E-state index contributed by atoms with van der Waals surface area (Å²) in [5.74, 6) is 0. The molecular formula is C9H11N5. The highest BCUT2D eigenvalue weighted by atomic mass is 15.0. The number of pyridine rings is 1. The molecule has 0 aliphatic heterocycles. The number of nitrogens with one attached hydrogen (secondary N) is 2. The summed E-state index contributed by atoms with van der Waals surface area (Å²) in [6.07, 6.45) is 6.77. The average Bonchev–Trinajstić information content (AvgIpc) is 2.69. The highest BCUT2D eigenvalue weighted by molar-refractivity contribution is 5.63. The molecule has 0 aliphatic rings. The van der Waals surface area contributed by atoms with Crippen molar-refractivity contribution < 1.29 is 0 Å². The topological polar surface area (TPSA) is 79.6 Å². The first-order chi connectivity index (χ1) is 6.86. The molecule has 0 unspecified atom stereocenters. The van der Waals surface area contributed by atoms with Crippen molar-refractivity contribution in [2.24, 2.45) is 0 Å². The van der Waals surface area contributed by atoms with E-state index in [2.05, 4.69) is 20.3 Å². The maximum Gasteiger partial charge on any atom is 0.0922 e. The molecule has 0 radical (unpaired) electrons. The Morgan fingerprint density at radius 3 is 3.00 bits per heavy atom. The molecule has 0 spiro atoms. The number of nitrogens with two attached hydrogens (primary N) is 1. The van der Waals surface area contributed by atoms with Gasteiger partial charge >= 0.3 is 0 Å². The molecule has 2 aromatic heterocycles. The van der Waals surface area contributed by atoms with Gasteiger partial charge in [0.25, 0.3) is 0 Å². The third kappa shape index (κ3) is 1.82. The summed E-state index contributed by atoms with van der Waals surface area (Å²) in [6, 6.07) is 1.76. The fraction of sp³-hybridized carbons (Fsp3) is 0.111. The number of anilines is 2. The Kier molecular flexibility index (Phi) is 2.31. The molecule has 0 atom stereocenters. The third-order valence-electron chi connectivity index (χ3n) is 1.88. The summed E-state index contributed by atoms with van der Waals surface area (Å²) < 4.78 is 0. The van der Waals surface area contributed by atoms with Crippen LogP contribution in [0.25, 0.3) is 0 Å². The lowest BCUT2D eigenvalue weighted by Crippen LogP contribution is -2.02. The number of aromatic nitrogens is 3. The minimum Gasteiger partial charge on any atom is -0.397 e. The first-order valence-electron chi connectivity index (χ1n) is 4.27. The van der Waals surface area contributed by atoms with Crippen molar-refractivity contribution in [1.82, 2.24) is 15.0 Å². The summed E-state index contributed by atoms with van der Waals surface area (Å²) in [5, 5.41) is 3.16. The molecular weight excluding hydrogens is 178 g/mol. The monoisotopic (exact) mass is 189 g/mol. The normalized spacial score (nSPS) is 10.0. The Labute approximate surface area is 81.4 Å². The lowest BCUT2D eigenvalue weighted by Gasteiger charge is -2.06. The van der Waals surface area contributed by atoms with Gasteiger partial charge in [0.1, 0.15) is 0 Å². The highest BCUT2D eigenvalue weighted by Gasteiger charge is 1.98. The molecule has 0 saturated heterocycles. The number of H-pyrrole nitrogens is 1. The molecule has 5 nitrogen and oxygen atoms in total. The van der Waals surface area contributed by atoms with Gasteiger partial charge in [0.05, 0.1) is 36.1 Å². The van der Waals surface area contributed by atoms with Crippen LogP contribution in [0.1, 0.15) is 5.69 Å². The number of nitrogen functional groups attached to an aromatic ring is 1. The molecule has 5 heteroatoms. The van der Waals surface area contributed by atoms with Crippen LogP contribution in [-0.2, 0) is 6.54 Å². The van der Waals surface area contributed by atoms with Gasteiger partial charge in [-0.1, -0.05) is 0 Å². The number of imidazole rings is 1. The van der Waals surface area contributed by atoms with Gasteiger partial charge in [0, 0.05) is 12.4 Å². The largest absolute Gasteiger partial charge is 0.397 e. The number of hydrogen-bond donors (Lipinski definition) is 3. The van der Waals surface area contributed by atoms with Crippen LogP contribution in [0.15, 0.2) is 31.0 Å². The average molecular weight is 189 g/mol. The maximum atomic E-state index is 5.73. The highest BCUT2D eigenvalue weighted by Crippen LogP contribution is 2.15. The quantitative estimate of drug-likeness (QED) is 0.673. The molecule has 2 rings (SSSR count). The molecule has 0 fully saturated rings. The second kappa shape index (κ2) is 3.78. The smallest absolute Gasteiger partial charge is 0.0922 e. The predicted octanol–water partition coefficient (Wildman–Crippen LogP) is 0.999. The van der Waals surface area contributed by atoms with Crippen LogP contribution in [0.4, 0.5) is 11.4 Å². The molecule has 4 N–H and O–H groups in total. The standard InChI is InChI=1S/C9H11N5/c10-8-1-2-11-5-9(8)13-4-7-3-12-6-14-7/h1-3,5-6,13H,4H2,(H2,10,11)(H,12,14). The minimum absolute atomic E-state index is 0.663. The van der Waals surface area contributed by atoms with Crippen LogP contribution in [0.3, 0.4) is 0 Å². The summed E-state index contributed by atoms with van der Waals surface area (Å²) >= 11 is 0. The van der Waals surface area contributed by atoms with E-state index in [4.69, 9.17) is 5.73 Å². The summed E-state index contributed by atoms with van der Waals surface area (Å²) in [7, 11) is 0.